The van der Waals surface area contributed by atoms with Crippen LogP contribution in [0.1, 0.15) is 35.2 Å². The van der Waals surface area contributed by atoms with Gasteiger partial charge < -0.3 is 0 Å². The number of benzene rings is 2. The van der Waals surface area contributed by atoms with Gasteiger partial charge in [0.15, 0.2) is 12.5 Å². The standard InChI is InChI=1S/C19H18F3N5O3/c1-12-8-14(6-7-17(12)27(29)30)10-25-18(11-28)26(24-23-25)13(2)15-4-3-5-16(9-15)19(20,21)22/h3-9,11,13,18H,10H2,1-2H3. The lowest BCUT2D eigenvalue weighted by molar-refractivity contribution is -0.385. The van der Waals surface area contributed by atoms with Crippen molar-refractivity contribution in [3.05, 3.63) is 74.8 Å². The van der Waals surface area contributed by atoms with E-state index >= 15 is 0 Å². The lowest BCUT2D eigenvalue weighted by Crippen LogP contribution is -2.40. The molecule has 8 nitrogen and oxygen atoms in total. The largest absolute Gasteiger partial charge is 0.416 e. The van der Waals surface area contributed by atoms with E-state index in [-0.39, 0.29) is 12.2 Å². The maximum Gasteiger partial charge on any atom is 0.416 e. The van der Waals surface area contributed by atoms with Crippen LogP contribution in [0.3, 0.4) is 0 Å². The highest BCUT2D eigenvalue weighted by atomic mass is 19.4. The number of hydrogen-bond acceptors (Lipinski definition) is 7. The Bertz CT molecular complexity index is 996. The van der Waals surface area contributed by atoms with E-state index in [1.807, 2.05) is 0 Å². The summed E-state index contributed by atoms with van der Waals surface area (Å²) < 4.78 is 39.0. The molecule has 2 aromatic rings. The predicted molar refractivity (Wildman–Crippen MR) is 99.8 cm³/mol. The molecular weight excluding hydrogens is 403 g/mol. The zero-order valence-corrected chi connectivity index (χ0v) is 16.1. The molecule has 0 spiro atoms. The maximum atomic E-state index is 13.0. The third-order valence-electron chi connectivity index (χ3n) is 4.85. The third kappa shape index (κ3) is 4.24. The summed E-state index contributed by atoms with van der Waals surface area (Å²) in [7, 11) is 0. The van der Waals surface area contributed by atoms with E-state index in [2.05, 4.69) is 10.4 Å². The van der Waals surface area contributed by atoms with Crippen LogP contribution in [-0.2, 0) is 17.5 Å². The Kier molecular flexibility index (Phi) is 5.72. The highest BCUT2D eigenvalue weighted by Crippen LogP contribution is 2.34. The second-order valence-corrected chi connectivity index (χ2v) is 6.88. The van der Waals surface area contributed by atoms with Gasteiger partial charge in [-0.25, -0.2) is 10.0 Å². The molecule has 0 saturated heterocycles. The molecule has 0 radical (unpaired) electrons. The molecule has 0 fully saturated rings. The number of nitrogens with zero attached hydrogens (tertiary/aromatic N) is 5. The minimum absolute atomic E-state index is 0.0199. The number of halogens is 3. The predicted octanol–water partition coefficient (Wildman–Crippen LogP) is 4.61. The van der Waals surface area contributed by atoms with Gasteiger partial charge in [-0.15, -0.1) is 0 Å². The van der Waals surface area contributed by atoms with Crippen molar-refractivity contribution in [1.29, 1.82) is 0 Å². The molecule has 1 heterocycles. The van der Waals surface area contributed by atoms with Crippen molar-refractivity contribution >= 4 is 12.0 Å². The number of carbonyl (C=O) groups excluding carboxylic acids is 1. The normalized spacial score (nSPS) is 17.3. The van der Waals surface area contributed by atoms with Gasteiger partial charge in [0.2, 0.25) is 0 Å². The van der Waals surface area contributed by atoms with Gasteiger partial charge in [0.25, 0.3) is 5.69 Å². The van der Waals surface area contributed by atoms with Gasteiger partial charge in [-0.1, -0.05) is 28.6 Å². The summed E-state index contributed by atoms with van der Waals surface area (Å²) >= 11 is 0. The van der Waals surface area contributed by atoms with E-state index in [4.69, 9.17) is 0 Å². The van der Waals surface area contributed by atoms with Crippen molar-refractivity contribution in [2.45, 2.75) is 38.8 Å². The van der Waals surface area contributed by atoms with Gasteiger partial charge in [-0.2, -0.15) is 13.2 Å². The van der Waals surface area contributed by atoms with Crippen LogP contribution in [0.4, 0.5) is 18.9 Å². The van der Waals surface area contributed by atoms with Gasteiger partial charge in [0.05, 0.1) is 23.1 Å². The Morgan fingerprint density at radius 3 is 2.57 bits per heavy atom. The first-order valence-corrected chi connectivity index (χ1v) is 8.94. The van der Waals surface area contributed by atoms with Crippen LogP contribution in [0.25, 0.3) is 0 Å². The molecule has 3 rings (SSSR count). The quantitative estimate of drug-likeness (QED) is 0.386. The number of rotatable bonds is 6. The topological polar surface area (TPSA) is 91.4 Å². The first kappa shape index (κ1) is 21.2. The zero-order valence-electron chi connectivity index (χ0n) is 16.1. The molecule has 0 saturated carbocycles. The number of nitro benzene ring substituents is 1. The Labute approximate surface area is 169 Å². The van der Waals surface area contributed by atoms with E-state index < -0.39 is 28.9 Å². The van der Waals surface area contributed by atoms with Crippen LogP contribution in [0.2, 0.25) is 0 Å². The van der Waals surface area contributed by atoms with Crippen molar-refractivity contribution in [2.24, 2.45) is 10.4 Å². The summed E-state index contributed by atoms with van der Waals surface area (Å²) in [5, 5.41) is 21.6. The molecule has 0 N–H and O–H groups in total. The summed E-state index contributed by atoms with van der Waals surface area (Å²) in [6, 6.07) is 8.73. The number of nitro groups is 1. The van der Waals surface area contributed by atoms with Crippen LogP contribution >= 0.6 is 0 Å². The van der Waals surface area contributed by atoms with Crippen molar-refractivity contribution in [3.63, 3.8) is 0 Å². The number of carbonyl (C=O) groups is 1. The number of aldehydes is 1. The van der Waals surface area contributed by atoms with Gasteiger partial charge in [-0.3, -0.25) is 14.9 Å². The highest BCUT2D eigenvalue weighted by molar-refractivity contribution is 5.57. The fourth-order valence-electron chi connectivity index (χ4n) is 3.24. The van der Waals surface area contributed by atoms with E-state index in [0.29, 0.717) is 23.0 Å². The Hall–Kier alpha value is -3.50. The van der Waals surface area contributed by atoms with E-state index in [1.54, 1.807) is 26.0 Å². The fraction of sp³-hybridized carbons (Fsp3) is 0.316. The summed E-state index contributed by atoms with van der Waals surface area (Å²) in [6.45, 7) is 3.38. The van der Waals surface area contributed by atoms with Crippen molar-refractivity contribution < 1.29 is 22.9 Å². The minimum Gasteiger partial charge on any atom is -0.299 e. The van der Waals surface area contributed by atoms with Crippen molar-refractivity contribution in [1.82, 2.24) is 10.0 Å². The number of aryl methyl sites for hydroxylation is 1. The van der Waals surface area contributed by atoms with Crippen LogP contribution in [-0.4, -0.2) is 27.4 Å². The first-order valence-electron chi connectivity index (χ1n) is 8.94. The van der Waals surface area contributed by atoms with Gasteiger partial charge in [-0.05, 0) is 43.2 Å². The summed E-state index contributed by atoms with van der Waals surface area (Å²) in [5.74, 6) is 0. The molecule has 1 aliphatic heterocycles. The Morgan fingerprint density at radius 1 is 1.23 bits per heavy atom. The smallest absolute Gasteiger partial charge is 0.299 e. The van der Waals surface area contributed by atoms with Crippen LogP contribution < -0.4 is 0 Å². The number of hydrogen-bond donors (Lipinski definition) is 0. The van der Waals surface area contributed by atoms with Gasteiger partial charge >= 0.3 is 6.18 Å². The monoisotopic (exact) mass is 421 g/mol. The second kappa shape index (κ2) is 8.09. The third-order valence-corrected chi connectivity index (χ3v) is 4.85. The van der Waals surface area contributed by atoms with Crippen LogP contribution in [0.5, 0.6) is 0 Å². The summed E-state index contributed by atoms with van der Waals surface area (Å²) in [4.78, 5) is 22.2. The number of alkyl halides is 3. The molecule has 0 aromatic heterocycles. The zero-order chi connectivity index (χ0) is 22.1. The molecule has 1 aliphatic rings. The van der Waals surface area contributed by atoms with E-state index in [0.717, 1.165) is 12.1 Å². The minimum atomic E-state index is -4.48. The van der Waals surface area contributed by atoms with Gasteiger partial charge in [0, 0.05) is 11.6 Å². The average Bonchev–Trinajstić information content (AvgIpc) is 3.09. The Morgan fingerprint density at radius 2 is 1.97 bits per heavy atom. The molecule has 2 unspecified atom stereocenters. The molecule has 0 amide bonds. The highest BCUT2D eigenvalue weighted by Gasteiger charge is 2.35. The molecule has 0 aliphatic carbocycles. The van der Waals surface area contributed by atoms with Crippen molar-refractivity contribution in [3.8, 4) is 0 Å². The van der Waals surface area contributed by atoms with Gasteiger partial charge in [0.1, 0.15) is 0 Å². The lowest BCUT2D eigenvalue weighted by Gasteiger charge is -2.28. The molecule has 11 heteroatoms. The average molecular weight is 421 g/mol. The van der Waals surface area contributed by atoms with Crippen LogP contribution in [0.15, 0.2) is 52.9 Å². The van der Waals surface area contributed by atoms with E-state index in [9.17, 15) is 28.1 Å². The van der Waals surface area contributed by atoms with Crippen LogP contribution in [0, 0.1) is 17.0 Å². The molecule has 2 atom stereocenters. The maximum absolute atomic E-state index is 13.0. The summed E-state index contributed by atoms with van der Waals surface area (Å²) in [5.41, 5.74) is 0.670. The molecule has 158 valence electrons. The van der Waals surface area contributed by atoms with E-state index in [1.165, 1.54) is 28.2 Å². The molecule has 0 bridgehead atoms. The molecule has 30 heavy (non-hydrogen) atoms. The first-order chi connectivity index (χ1) is 14.1. The summed E-state index contributed by atoms with van der Waals surface area (Å²) in [6.07, 6.45) is -4.81. The Balaban J connectivity index is 1.78. The second-order valence-electron chi connectivity index (χ2n) is 6.88. The fourth-order valence-corrected chi connectivity index (χ4v) is 3.24. The molecule has 2 aromatic carbocycles. The lowest BCUT2D eigenvalue weighted by atomic mass is 10.0. The molecular formula is C19H18F3N5O3. The van der Waals surface area contributed by atoms with Crippen molar-refractivity contribution in [2.75, 3.05) is 0 Å². The SMILES string of the molecule is Cc1cc(CN2N=NN(C(C)c3cccc(C(F)(F)F)c3)C2C=O)ccc1[N+](=O)[O-].